The van der Waals surface area contributed by atoms with Crippen LogP contribution >= 0.6 is 0 Å². The number of ketones is 1. The van der Waals surface area contributed by atoms with Gasteiger partial charge in [0.05, 0.1) is 12.2 Å². The van der Waals surface area contributed by atoms with Crippen LogP contribution in [-0.2, 0) is 14.3 Å². The van der Waals surface area contributed by atoms with E-state index in [0.717, 1.165) is 54.1 Å². The molecule has 0 saturated heterocycles. The Morgan fingerprint density at radius 3 is 2.43 bits per heavy atom. The van der Waals surface area contributed by atoms with Gasteiger partial charge in [0.25, 0.3) is 0 Å². The summed E-state index contributed by atoms with van der Waals surface area (Å²) in [6, 6.07) is 8.25. The number of hydrogen-bond acceptors (Lipinski definition) is 5. The minimum absolute atomic E-state index is 0.126. The average molecular weight is 383 g/mol. The smallest absolute Gasteiger partial charge is 0.336 e. The van der Waals surface area contributed by atoms with Gasteiger partial charge in [-0.25, -0.2) is 4.79 Å². The molecule has 1 aliphatic heterocycles. The Balaban J connectivity index is 2.08. The highest BCUT2D eigenvalue weighted by Gasteiger charge is 2.38. The molecule has 2 aliphatic rings. The van der Waals surface area contributed by atoms with Gasteiger partial charge in [-0.05, 0) is 58.2 Å². The molecule has 0 fully saturated rings. The van der Waals surface area contributed by atoms with Crippen molar-refractivity contribution in [1.82, 2.24) is 5.32 Å². The fourth-order valence-electron chi connectivity index (χ4n) is 4.26. The maximum absolute atomic E-state index is 12.8. The van der Waals surface area contributed by atoms with Crippen LogP contribution in [0.5, 0.6) is 0 Å². The predicted molar refractivity (Wildman–Crippen MR) is 111 cm³/mol. The largest absolute Gasteiger partial charge is 0.463 e. The van der Waals surface area contributed by atoms with E-state index in [1.54, 1.807) is 6.92 Å². The number of ether oxygens (including phenoxy) is 1. The summed E-state index contributed by atoms with van der Waals surface area (Å²) in [5.41, 5.74) is 5.12. The Hall–Kier alpha value is -2.56. The fourth-order valence-corrected chi connectivity index (χ4v) is 4.26. The molecule has 1 aliphatic carbocycles. The molecule has 1 heterocycles. The van der Waals surface area contributed by atoms with Crippen LogP contribution in [0, 0.1) is 0 Å². The van der Waals surface area contributed by atoms with Crippen LogP contribution in [0.25, 0.3) is 0 Å². The number of allylic oxidation sites excluding steroid dienone is 3. The molecule has 1 N–H and O–H groups in total. The Morgan fingerprint density at radius 1 is 1.14 bits per heavy atom. The summed E-state index contributed by atoms with van der Waals surface area (Å²) >= 11 is 0. The molecule has 5 nitrogen and oxygen atoms in total. The number of Topliss-reactive ketones (excluding diaryl/α,β-unsaturated/α-hetero) is 1. The summed E-state index contributed by atoms with van der Waals surface area (Å²) in [4.78, 5) is 27.9. The zero-order valence-corrected chi connectivity index (χ0v) is 17.3. The zero-order chi connectivity index (χ0) is 20.3. The molecule has 0 saturated carbocycles. The number of rotatable bonds is 6. The lowest BCUT2D eigenvalue weighted by molar-refractivity contribution is -0.138. The lowest BCUT2D eigenvalue weighted by Gasteiger charge is -2.34. The van der Waals surface area contributed by atoms with E-state index >= 15 is 0 Å². The Kier molecular flexibility index (Phi) is 6.22. The Morgan fingerprint density at radius 2 is 1.82 bits per heavy atom. The van der Waals surface area contributed by atoms with E-state index in [1.165, 1.54) is 0 Å². The third-order valence-corrected chi connectivity index (χ3v) is 5.63. The van der Waals surface area contributed by atoms with Gasteiger partial charge in [0.1, 0.15) is 0 Å². The maximum Gasteiger partial charge on any atom is 0.336 e. The Labute approximate surface area is 167 Å². The summed E-state index contributed by atoms with van der Waals surface area (Å²) in [5.74, 6) is -0.593. The molecule has 0 bridgehead atoms. The first kappa shape index (κ1) is 20.2. The van der Waals surface area contributed by atoms with Gasteiger partial charge < -0.3 is 15.0 Å². The monoisotopic (exact) mass is 382 g/mol. The average Bonchev–Trinajstić information content (AvgIpc) is 2.69. The second kappa shape index (κ2) is 8.63. The summed E-state index contributed by atoms with van der Waals surface area (Å²) in [6.07, 6.45) is 2.21. The van der Waals surface area contributed by atoms with Gasteiger partial charge in [-0.15, -0.1) is 0 Å². The second-order valence-electron chi connectivity index (χ2n) is 7.25. The number of hydrogen-bond donors (Lipinski definition) is 1. The number of carbonyl (C=O) groups excluding carboxylic acids is 2. The van der Waals surface area contributed by atoms with Gasteiger partial charge >= 0.3 is 5.97 Å². The number of anilines is 1. The molecule has 150 valence electrons. The van der Waals surface area contributed by atoms with Gasteiger partial charge in [-0.3, -0.25) is 4.79 Å². The highest BCUT2D eigenvalue weighted by Crippen LogP contribution is 2.42. The predicted octanol–water partition coefficient (Wildman–Crippen LogP) is 4.06. The van der Waals surface area contributed by atoms with Crippen molar-refractivity contribution in [1.29, 1.82) is 0 Å². The molecule has 5 heteroatoms. The van der Waals surface area contributed by atoms with Gasteiger partial charge in [0.15, 0.2) is 5.78 Å². The first-order chi connectivity index (χ1) is 13.5. The summed E-state index contributed by atoms with van der Waals surface area (Å²) in [6.45, 7) is 10.1. The normalized spacial score (nSPS) is 19.3. The quantitative estimate of drug-likeness (QED) is 0.752. The van der Waals surface area contributed by atoms with Crippen molar-refractivity contribution >= 4 is 17.4 Å². The molecule has 0 radical (unpaired) electrons. The standard InChI is InChI=1S/C23H30N2O3/c1-5-25(6-2)17-13-11-16(12-14-17)21-20(23(27)28-7-3)15(4)24-18-9-8-10-19(26)22(18)21/h11-14,21,24H,5-10H2,1-4H3. The van der Waals surface area contributed by atoms with Crippen molar-refractivity contribution in [3.05, 3.63) is 52.4 Å². The summed E-state index contributed by atoms with van der Waals surface area (Å²) in [5, 5.41) is 3.32. The molecular weight excluding hydrogens is 352 g/mol. The van der Waals surface area contributed by atoms with Crippen molar-refractivity contribution in [2.75, 3.05) is 24.6 Å². The minimum Gasteiger partial charge on any atom is -0.463 e. The van der Waals surface area contributed by atoms with Gasteiger partial charge in [-0.1, -0.05) is 12.1 Å². The summed E-state index contributed by atoms with van der Waals surface area (Å²) in [7, 11) is 0. The molecule has 0 aromatic heterocycles. The highest BCUT2D eigenvalue weighted by molar-refractivity contribution is 6.03. The second-order valence-corrected chi connectivity index (χ2v) is 7.25. The van der Waals surface area contributed by atoms with Crippen molar-refractivity contribution < 1.29 is 14.3 Å². The highest BCUT2D eigenvalue weighted by atomic mass is 16.5. The SMILES string of the molecule is CCOC(=O)C1=C(C)NC2=C(C(=O)CCC2)C1c1ccc(N(CC)CC)cc1. The van der Waals surface area contributed by atoms with E-state index in [4.69, 9.17) is 4.74 Å². The summed E-state index contributed by atoms with van der Waals surface area (Å²) < 4.78 is 5.34. The van der Waals surface area contributed by atoms with Crippen LogP contribution in [-0.4, -0.2) is 31.4 Å². The molecule has 1 aromatic carbocycles. The minimum atomic E-state index is -0.367. The van der Waals surface area contributed by atoms with E-state index in [2.05, 4.69) is 36.2 Å². The maximum atomic E-state index is 12.8. The van der Waals surface area contributed by atoms with Crippen LogP contribution in [0.15, 0.2) is 46.8 Å². The first-order valence-corrected chi connectivity index (χ1v) is 10.3. The number of esters is 1. The number of dihydropyridines is 1. The molecular formula is C23H30N2O3. The molecule has 0 spiro atoms. The fraction of sp³-hybridized carbons (Fsp3) is 0.478. The number of carbonyl (C=O) groups is 2. The van der Waals surface area contributed by atoms with Crippen molar-refractivity contribution in [3.63, 3.8) is 0 Å². The third-order valence-electron chi connectivity index (χ3n) is 5.63. The number of nitrogens with one attached hydrogen (secondary N) is 1. The van der Waals surface area contributed by atoms with E-state index < -0.39 is 0 Å². The van der Waals surface area contributed by atoms with Gasteiger partial charge in [0, 0.05) is 48.1 Å². The van der Waals surface area contributed by atoms with Crippen LogP contribution in [0.2, 0.25) is 0 Å². The number of benzene rings is 1. The van der Waals surface area contributed by atoms with Crippen LogP contribution in [0.1, 0.15) is 58.4 Å². The zero-order valence-electron chi connectivity index (χ0n) is 17.3. The third kappa shape index (κ3) is 3.71. The van der Waals surface area contributed by atoms with Gasteiger partial charge in [-0.2, -0.15) is 0 Å². The number of nitrogens with zero attached hydrogens (tertiary/aromatic N) is 1. The topological polar surface area (TPSA) is 58.6 Å². The van der Waals surface area contributed by atoms with E-state index in [0.29, 0.717) is 18.6 Å². The van der Waals surface area contributed by atoms with E-state index in [1.807, 2.05) is 19.1 Å². The van der Waals surface area contributed by atoms with E-state index in [9.17, 15) is 9.59 Å². The van der Waals surface area contributed by atoms with Crippen molar-refractivity contribution in [2.45, 2.75) is 52.9 Å². The van der Waals surface area contributed by atoms with Gasteiger partial charge in [0.2, 0.25) is 0 Å². The van der Waals surface area contributed by atoms with Crippen molar-refractivity contribution in [2.24, 2.45) is 0 Å². The molecule has 28 heavy (non-hydrogen) atoms. The van der Waals surface area contributed by atoms with Crippen molar-refractivity contribution in [3.8, 4) is 0 Å². The molecule has 3 rings (SSSR count). The Bertz CT molecular complexity index is 817. The molecule has 1 aromatic rings. The molecule has 1 unspecified atom stereocenters. The van der Waals surface area contributed by atoms with Crippen LogP contribution < -0.4 is 10.2 Å². The van der Waals surface area contributed by atoms with Crippen LogP contribution in [0.3, 0.4) is 0 Å². The molecule has 1 atom stereocenters. The molecule has 0 amide bonds. The van der Waals surface area contributed by atoms with Crippen LogP contribution in [0.4, 0.5) is 5.69 Å². The first-order valence-electron chi connectivity index (χ1n) is 10.3. The lowest BCUT2D eigenvalue weighted by atomic mass is 9.75. The lowest BCUT2D eigenvalue weighted by Crippen LogP contribution is -2.34. The van der Waals surface area contributed by atoms with E-state index in [-0.39, 0.29) is 17.7 Å².